The molecule has 0 saturated carbocycles. The van der Waals surface area contributed by atoms with Crippen LogP contribution in [0, 0.1) is 0 Å². The van der Waals surface area contributed by atoms with Crippen LogP contribution in [0.15, 0.2) is 78.9 Å². The number of carbonyl (C=O) groups is 2. The highest BCUT2D eigenvalue weighted by Crippen LogP contribution is 2.19. The lowest BCUT2D eigenvalue weighted by atomic mass is 10.2. The summed E-state index contributed by atoms with van der Waals surface area (Å²) in [5, 5.41) is 3.36. The smallest absolute Gasteiger partial charge is 0.336 e. The average Bonchev–Trinajstić information content (AvgIpc) is 2.74. The van der Waals surface area contributed by atoms with Crippen LogP contribution in [-0.2, 0) is 4.79 Å². The van der Waals surface area contributed by atoms with Crippen LogP contribution in [0.1, 0.15) is 15.9 Å². The summed E-state index contributed by atoms with van der Waals surface area (Å²) in [6, 6.07) is 20.4. The summed E-state index contributed by atoms with van der Waals surface area (Å²) >= 11 is 5.83. The van der Waals surface area contributed by atoms with Crippen molar-refractivity contribution >= 4 is 35.2 Å². The first-order chi connectivity index (χ1) is 14.0. The highest BCUT2D eigenvalue weighted by molar-refractivity contribution is 6.30. The minimum Gasteiger partial charge on any atom is -0.496 e. The van der Waals surface area contributed by atoms with E-state index < -0.39 is 5.97 Å². The molecule has 5 nitrogen and oxygen atoms in total. The zero-order valence-electron chi connectivity index (χ0n) is 15.6. The number of anilines is 1. The maximum absolute atomic E-state index is 12.3. The minimum atomic E-state index is -0.533. The van der Waals surface area contributed by atoms with E-state index in [2.05, 4.69) is 5.32 Å². The third-order valence-electron chi connectivity index (χ3n) is 3.97. The van der Waals surface area contributed by atoms with Crippen molar-refractivity contribution in [1.29, 1.82) is 0 Å². The van der Waals surface area contributed by atoms with E-state index in [0.29, 0.717) is 27.8 Å². The number of nitrogens with one attached hydrogen (secondary N) is 1. The Hall–Kier alpha value is -3.57. The second-order valence-electron chi connectivity index (χ2n) is 5.98. The Balaban J connectivity index is 1.59. The lowest BCUT2D eigenvalue weighted by Crippen LogP contribution is -2.11. The Morgan fingerprint density at radius 1 is 0.931 bits per heavy atom. The van der Waals surface area contributed by atoms with Gasteiger partial charge in [-0.1, -0.05) is 29.8 Å². The molecule has 0 unspecified atom stereocenters. The predicted octanol–water partition coefficient (Wildman–Crippen LogP) is 5.22. The second kappa shape index (κ2) is 9.57. The van der Waals surface area contributed by atoms with E-state index in [0.717, 1.165) is 5.56 Å². The van der Waals surface area contributed by atoms with Gasteiger partial charge in [0.15, 0.2) is 0 Å². The van der Waals surface area contributed by atoms with E-state index in [1.165, 1.54) is 6.08 Å². The second-order valence-corrected chi connectivity index (χ2v) is 6.42. The van der Waals surface area contributed by atoms with Gasteiger partial charge < -0.3 is 14.8 Å². The van der Waals surface area contributed by atoms with Crippen molar-refractivity contribution in [1.82, 2.24) is 0 Å². The topological polar surface area (TPSA) is 64.6 Å². The predicted molar refractivity (Wildman–Crippen MR) is 114 cm³/mol. The molecule has 3 rings (SSSR count). The van der Waals surface area contributed by atoms with Crippen LogP contribution >= 0.6 is 11.6 Å². The van der Waals surface area contributed by atoms with Crippen LogP contribution in [0.25, 0.3) is 6.08 Å². The van der Waals surface area contributed by atoms with Crippen LogP contribution < -0.4 is 14.8 Å². The Labute approximate surface area is 173 Å². The van der Waals surface area contributed by atoms with E-state index in [-0.39, 0.29) is 5.91 Å². The van der Waals surface area contributed by atoms with Crippen molar-refractivity contribution in [3.8, 4) is 11.5 Å². The molecule has 0 atom stereocenters. The summed E-state index contributed by atoms with van der Waals surface area (Å²) in [6.07, 6.45) is 2.94. The molecule has 3 aromatic rings. The normalized spacial score (nSPS) is 10.6. The summed E-state index contributed by atoms with van der Waals surface area (Å²) in [4.78, 5) is 24.3. The van der Waals surface area contributed by atoms with Crippen LogP contribution in [0.5, 0.6) is 11.5 Å². The minimum absolute atomic E-state index is 0.277. The molecule has 1 N–H and O–H groups in total. The van der Waals surface area contributed by atoms with Gasteiger partial charge in [-0.15, -0.1) is 0 Å². The third kappa shape index (κ3) is 5.70. The molecule has 146 valence electrons. The number of ether oxygens (including phenoxy) is 2. The van der Waals surface area contributed by atoms with E-state index in [9.17, 15) is 9.59 Å². The lowest BCUT2D eigenvalue weighted by Gasteiger charge is -2.07. The number of carbonyl (C=O) groups excluding carboxylic acids is 2. The average molecular weight is 408 g/mol. The largest absolute Gasteiger partial charge is 0.496 e. The lowest BCUT2D eigenvalue weighted by molar-refractivity contribution is -0.128. The summed E-state index contributed by atoms with van der Waals surface area (Å²) in [5.41, 5.74) is 1.84. The van der Waals surface area contributed by atoms with Gasteiger partial charge in [-0.25, -0.2) is 4.79 Å². The first-order valence-corrected chi connectivity index (χ1v) is 9.13. The monoisotopic (exact) mass is 407 g/mol. The van der Waals surface area contributed by atoms with Gasteiger partial charge in [-0.3, -0.25) is 4.79 Å². The summed E-state index contributed by atoms with van der Waals surface area (Å²) in [6.45, 7) is 0. The zero-order valence-corrected chi connectivity index (χ0v) is 16.3. The van der Waals surface area contributed by atoms with Crippen molar-refractivity contribution in [2.24, 2.45) is 0 Å². The number of esters is 1. The number of para-hydroxylation sites is 1. The number of benzene rings is 3. The van der Waals surface area contributed by atoms with Crippen LogP contribution in [0.3, 0.4) is 0 Å². The van der Waals surface area contributed by atoms with Crippen LogP contribution in [0.2, 0.25) is 5.02 Å². The maximum atomic E-state index is 12.3. The molecule has 1 amide bonds. The van der Waals surface area contributed by atoms with Gasteiger partial charge in [0.2, 0.25) is 0 Å². The highest BCUT2D eigenvalue weighted by atomic mass is 35.5. The molecule has 0 saturated heterocycles. The van der Waals surface area contributed by atoms with Crippen LogP contribution in [0.4, 0.5) is 5.69 Å². The molecule has 0 aliphatic carbocycles. The molecule has 0 spiro atoms. The zero-order chi connectivity index (χ0) is 20.6. The van der Waals surface area contributed by atoms with Crippen molar-refractivity contribution in [3.05, 3.63) is 95.0 Å². The molecular weight excluding hydrogens is 390 g/mol. The summed E-state index contributed by atoms with van der Waals surface area (Å²) in [7, 11) is 1.57. The Morgan fingerprint density at radius 2 is 1.62 bits per heavy atom. The summed E-state index contributed by atoms with van der Waals surface area (Å²) < 4.78 is 10.5. The highest BCUT2D eigenvalue weighted by Gasteiger charge is 2.08. The summed E-state index contributed by atoms with van der Waals surface area (Å²) in [5.74, 6) is 0.186. The molecule has 6 heteroatoms. The molecule has 0 aliphatic heterocycles. The van der Waals surface area contributed by atoms with Gasteiger partial charge in [0, 0.05) is 27.9 Å². The third-order valence-corrected chi connectivity index (χ3v) is 4.23. The molecule has 0 aromatic heterocycles. The Morgan fingerprint density at radius 3 is 2.31 bits per heavy atom. The molecule has 29 heavy (non-hydrogen) atoms. The maximum Gasteiger partial charge on any atom is 0.336 e. The van der Waals surface area contributed by atoms with Crippen molar-refractivity contribution in [3.63, 3.8) is 0 Å². The molecule has 0 fully saturated rings. The van der Waals surface area contributed by atoms with Gasteiger partial charge in [0.05, 0.1) is 7.11 Å². The number of methoxy groups -OCH3 is 1. The van der Waals surface area contributed by atoms with Gasteiger partial charge in [-0.05, 0) is 60.7 Å². The SMILES string of the molecule is COc1ccccc1/C=C/C(=O)Oc1ccc(C(=O)Nc2ccc(Cl)cc2)cc1. The molecule has 0 aliphatic rings. The fourth-order valence-electron chi connectivity index (χ4n) is 2.52. The van der Waals surface area contributed by atoms with Gasteiger partial charge in [-0.2, -0.15) is 0 Å². The molecule has 0 radical (unpaired) electrons. The number of hydrogen-bond donors (Lipinski definition) is 1. The quantitative estimate of drug-likeness (QED) is 0.345. The number of halogens is 1. The Bertz CT molecular complexity index is 1030. The standard InChI is InChI=1S/C23H18ClNO4/c1-28-21-5-3-2-4-16(21)8-15-22(26)29-20-13-6-17(7-14-20)23(27)25-19-11-9-18(24)10-12-19/h2-15H,1H3,(H,25,27)/b15-8+. The first-order valence-electron chi connectivity index (χ1n) is 8.75. The first kappa shape index (κ1) is 20.2. The number of amides is 1. The van der Waals surface area contributed by atoms with Gasteiger partial charge >= 0.3 is 5.97 Å². The number of hydrogen-bond acceptors (Lipinski definition) is 4. The van der Waals surface area contributed by atoms with E-state index in [4.69, 9.17) is 21.1 Å². The van der Waals surface area contributed by atoms with E-state index in [1.54, 1.807) is 67.8 Å². The number of rotatable bonds is 6. The Kier molecular flexibility index (Phi) is 6.66. The van der Waals surface area contributed by atoms with Crippen molar-refractivity contribution in [2.75, 3.05) is 12.4 Å². The van der Waals surface area contributed by atoms with Crippen LogP contribution in [-0.4, -0.2) is 19.0 Å². The fourth-order valence-corrected chi connectivity index (χ4v) is 2.65. The van der Waals surface area contributed by atoms with E-state index in [1.807, 2.05) is 18.2 Å². The van der Waals surface area contributed by atoms with E-state index >= 15 is 0 Å². The molecule has 0 bridgehead atoms. The van der Waals surface area contributed by atoms with Gasteiger partial charge in [0.1, 0.15) is 11.5 Å². The van der Waals surface area contributed by atoms with Gasteiger partial charge in [0.25, 0.3) is 5.91 Å². The molecule has 3 aromatic carbocycles. The van der Waals surface area contributed by atoms with Crippen molar-refractivity contribution < 1.29 is 19.1 Å². The molecular formula is C23H18ClNO4. The molecule has 0 heterocycles. The van der Waals surface area contributed by atoms with Crippen molar-refractivity contribution in [2.45, 2.75) is 0 Å². The fraction of sp³-hybridized carbons (Fsp3) is 0.0435.